The summed E-state index contributed by atoms with van der Waals surface area (Å²) in [7, 11) is 1.64. The summed E-state index contributed by atoms with van der Waals surface area (Å²) in [5, 5.41) is 0. The topological polar surface area (TPSA) is 37.4 Å². The van der Waals surface area contributed by atoms with Gasteiger partial charge in [-0.05, 0) is 28.7 Å². The van der Waals surface area contributed by atoms with E-state index in [1.165, 1.54) is 27.2 Å². The quantitative estimate of drug-likeness (QED) is 0.758. The average molecular weight is 317 g/mol. The molecule has 1 heterocycles. The number of rotatable bonds is 1. The zero-order valence-electron chi connectivity index (χ0n) is 13.8. The van der Waals surface area contributed by atoms with Gasteiger partial charge in [0.1, 0.15) is 0 Å². The van der Waals surface area contributed by atoms with Gasteiger partial charge in [0, 0.05) is 18.4 Å². The third kappa shape index (κ3) is 1.28. The molecule has 0 aromatic heterocycles. The Kier molecular flexibility index (Phi) is 2.53. The Morgan fingerprint density at radius 2 is 1.46 bits per heavy atom. The van der Waals surface area contributed by atoms with E-state index >= 15 is 0 Å². The number of imide groups is 1. The van der Waals surface area contributed by atoms with Crippen molar-refractivity contribution in [3.05, 3.63) is 70.8 Å². The van der Waals surface area contributed by atoms with E-state index in [4.69, 9.17) is 0 Å². The Balaban J connectivity index is 1.94. The SMILES string of the molecule is CCC12c3ccccc3C(c3ccccc31)C1C(=O)N(C)C(=O)C12. The van der Waals surface area contributed by atoms with Crippen molar-refractivity contribution in [2.75, 3.05) is 7.05 Å². The summed E-state index contributed by atoms with van der Waals surface area (Å²) in [4.78, 5) is 27.3. The minimum Gasteiger partial charge on any atom is -0.285 e. The van der Waals surface area contributed by atoms with Crippen molar-refractivity contribution in [2.45, 2.75) is 24.7 Å². The van der Waals surface area contributed by atoms with Gasteiger partial charge in [0.15, 0.2) is 0 Å². The van der Waals surface area contributed by atoms with Crippen LogP contribution in [0.2, 0.25) is 0 Å². The summed E-state index contributed by atoms with van der Waals surface area (Å²) in [6.07, 6.45) is 0.821. The first-order chi connectivity index (χ1) is 11.6. The zero-order chi connectivity index (χ0) is 16.6. The first kappa shape index (κ1) is 14.0. The normalized spacial score (nSPS) is 32.6. The molecule has 2 atom stereocenters. The van der Waals surface area contributed by atoms with Gasteiger partial charge in [0.05, 0.1) is 11.8 Å². The van der Waals surface area contributed by atoms with Crippen LogP contribution in [0.15, 0.2) is 48.5 Å². The molecule has 0 saturated carbocycles. The Hall–Kier alpha value is -2.42. The first-order valence-electron chi connectivity index (χ1n) is 8.63. The second kappa shape index (κ2) is 4.35. The van der Waals surface area contributed by atoms with E-state index in [1.807, 2.05) is 12.1 Å². The number of hydrogen-bond donors (Lipinski definition) is 0. The van der Waals surface area contributed by atoms with E-state index in [-0.39, 0.29) is 35.0 Å². The van der Waals surface area contributed by atoms with Crippen LogP contribution >= 0.6 is 0 Å². The highest BCUT2D eigenvalue weighted by Gasteiger charge is 2.66. The number of amides is 2. The lowest BCUT2D eigenvalue weighted by Gasteiger charge is -2.54. The van der Waals surface area contributed by atoms with E-state index in [0.29, 0.717) is 0 Å². The highest BCUT2D eigenvalue weighted by atomic mass is 16.2. The second-order valence-electron chi connectivity index (χ2n) is 7.22. The maximum Gasteiger partial charge on any atom is 0.234 e. The molecule has 2 aromatic rings. The molecule has 4 aliphatic rings. The van der Waals surface area contributed by atoms with Gasteiger partial charge in [-0.2, -0.15) is 0 Å². The lowest BCUT2D eigenvalue weighted by atomic mass is 9.46. The second-order valence-corrected chi connectivity index (χ2v) is 7.22. The van der Waals surface area contributed by atoms with Crippen LogP contribution in [0.1, 0.15) is 41.5 Å². The predicted molar refractivity (Wildman–Crippen MR) is 90.6 cm³/mol. The molecule has 0 spiro atoms. The van der Waals surface area contributed by atoms with Gasteiger partial charge in [-0.15, -0.1) is 0 Å². The van der Waals surface area contributed by atoms with E-state index in [1.54, 1.807) is 7.05 Å². The Morgan fingerprint density at radius 1 is 0.917 bits per heavy atom. The molecule has 2 amide bonds. The molecule has 0 radical (unpaired) electrons. The number of likely N-dealkylation sites (tertiary alicyclic amines) is 1. The standard InChI is InChI=1S/C21H19NO2/c1-3-21-14-10-6-4-8-12(14)16(13-9-5-7-11-15(13)21)17-18(21)20(24)22(2)19(17)23/h4-11,16-18H,3H2,1-2H3. The summed E-state index contributed by atoms with van der Waals surface area (Å²) in [6, 6.07) is 16.8. The number of benzene rings is 2. The van der Waals surface area contributed by atoms with Crippen LogP contribution < -0.4 is 0 Å². The highest BCUT2D eigenvalue weighted by Crippen LogP contribution is 2.64. The molecule has 120 valence electrons. The van der Waals surface area contributed by atoms with Crippen LogP contribution in [0.3, 0.4) is 0 Å². The Morgan fingerprint density at radius 3 is 2.00 bits per heavy atom. The smallest absolute Gasteiger partial charge is 0.234 e. The van der Waals surface area contributed by atoms with Crippen LogP contribution in [-0.2, 0) is 15.0 Å². The average Bonchev–Trinajstić information content (AvgIpc) is 2.87. The summed E-state index contributed by atoms with van der Waals surface area (Å²) in [6.45, 7) is 2.15. The first-order valence-corrected chi connectivity index (χ1v) is 8.63. The molecule has 2 unspecified atom stereocenters. The zero-order valence-corrected chi connectivity index (χ0v) is 13.8. The van der Waals surface area contributed by atoms with E-state index in [9.17, 15) is 9.59 Å². The van der Waals surface area contributed by atoms with Crippen molar-refractivity contribution in [3.8, 4) is 0 Å². The molecule has 1 saturated heterocycles. The van der Waals surface area contributed by atoms with Gasteiger partial charge in [-0.1, -0.05) is 55.5 Å². The molecule has 2 aromatic carbocycles. The number of carbonyl (C=O) groups is 2. The lowest BCUT2D eigenvalue weighted by Crippen LogP contribution is -2.53. The monoisotopic (exact) mass is 317 g/mol. The molecule has 0 N–H and O–H groups in total. The van der Waals surface area contributed by atoms with Crippen molar-refractivity contribution in [2.24, 2.45) is 11.8 Å². The minimum atomic E-state index is -0.385. The maximum atomic E-state index is 13.0. The van der Waals surface area contributed by atoms with Crippen molar-refractivity contribution in [1.82, 2.24) is 4.90 Å². The molecule has 1 fully saturated rings. The van der Waals surface area contributed by atoms with Gasteiger partial charge in [0.2, 0.25) is 11.8 Å². The van der Waals surface area contributed by atoms with Gasteiger partial charge in [0.25, 0.3) is 0 Å². The fourth-order valence-electron chi connectivity index (χ4n) is 5.67. The van der Waals surface area contributed by atoms with Gasteiger partial charge in [-0.25, -0.2) is 0 Å². The molecule has 1 aliphatic heterocycles. The molecule has 2 bridgehead atoms. The molecular weight excluding hydrogens is 298 g/mol. The van der Waals surface area contributed by atoms with Crippen molar-refractivity contribution in [1.29, 1.82) is 0 Å². The van der Waals surface area contributed by atoms with Crippen LogP contribution in [0, 0.1) is 11.8 Å². The summed E-state index contributed by atoms with van der Waals surface area (Å²) < 4.78 is 0. The van der Waals surface area contributed by atoms with Crippen molar-refractivity contribution >= 4 is 11.8 Å². The molecular formula is C21H19NO2. The third-order valence-electron chi connectivity index (χ3n) is 6.57. The van der Waals surface area contributed by atoms with E-state index < -0.39 is 0 Å². The Labute approximate surface area is 141 Å². The summed E-state index contributed by atoms with van der Waals surface area (Å²) in [5.74, 6) is -0.558. The van der Waals surface area contributed by atoms with Gasteiger partial charge < -0.3 is 0 Å². The van der Waals surface area contributed by atoms with Gasteiger partial charge >= 0.3 is 0 Å². The minimum absolute atomic E-state index is 0.00257. The summed E-state index contributed by atoms with van der Waals surface area (Å²) in [5.41, 5.74) is 4.57. The van der Waals surface area contributed by atoms with Crippen LogP contribution in [0.25, 0.3) is 0 Å². The number of carbonyl (C=O) groups excluding carboxylic acids is 2. The van der Waals surface area contributed by atoms with Crippen LogP contribution in [0.5, 0.6) is 0 Å². The number of hydrogen-bond acceptors (Lipinski definition) is 2. The van der Waals surface area contributed by atoms with Crippen LogP contribution in [-0.4, -0.2) is 23.8 Å². The maximum absolute atomic E-state index is 13.0. The van der Waals surface area contributed by atoms with Gasteiger partial charge in [-0.3, -0.25) is 14.5 Å². The van der Waals surface area contributed by atoms with E-state index in [0.717, 1.165) is 6.42 Å². The van der Waals surface area contributed by atoms with Crippen LogP contribution in [0.4, 0.5) is 0 Å². The summed E-state index contributed by atoms with van der Waals surface area (Å²) >= 11 is 0. The molecule has 6 rings (SSSR count). The largest absolute Gasteiger partial charge is 0.285 e. The Bertz CT molecular complexity index is 853. The fourth-order valence-corrected chi connectivity index (χ4v) is 5.67. The molecule has 24 heavy (non-hydrogen) atoms. The van der Waals surface area contributed by atoms with Crippen molar-refractivity contribution in [3.63, 3.8) is 0 Å². The van der Waals surface area contributed by atoms with E-state index in [2.05, 4.69) is 43.3 Å². The third-order valence-corrected chi connectivity index (χ3v) is 6.57. The molecule has 3 aliphatic carbocycles. The fraction of sp³-hybridized carbons (Fsp3) is 0.333. The highest BCUT2D eigenvalue weighted by molar-refractivity contribution is 6.08. The van der Waals surface area contributed by atoms with Crippen molar-refractivity contribution < 1.29 is 9.59 Å². The predicted octanol–water partition coefficient (Wildman–Crippen LogP) is 3.07. The number of nitrogens with zero attached hydrogens (tertiary/aromatic N) is 1. The molecule has 3 heteroatoms. The molecule has 3 nitrogen and oxygen atoms in total. The lowest BCUT2D eigenvalue weighted by molar-refractivity contribution is -0.138.